The van der Waals surface area contributed by atoms with Crippen molar-refractivity contribution in [1.82, 2.24) is 3.97 Å². The highest BCUT2D eigenvalue weighted by molar-refractivity contribution is 7.91. The number of para-hydroxylation sites is 1. The van der Waals surface area contributed by atoms with Crippen LogP contribution in [0, 0.1) is 0 Å². The number of hydrogen-bond acceptors (Lipinski definition) is 3. The van der Waals surface area contributed by atoms with Gasteiger partial charge in [-0.2, -0.15) is 0 Å². The number of carbonyl (C=O) groups is 1. The van der Waals surface area contributed by atoms with Gasteiger partial charge in [0.15, 0.2) is 5.78 Å². The second kappa shape index (κ2) is 6.42. The van der Waals surface area contributed by atoms with Crippen LogP contribution in [0.15, 0.2) is 54.5 Å². The van der Waals surface area contributed by atoms with E-state index in [2.05, 4.69) is 0 Å². The minimum Gasteiger partial charge on any atom is -0.294 e. The smallest absolute Gasteiger partial charge is 0.248 e. The Bertz CT molecular complexity index is 1010. The average Bonchev–Trinajstić information content (AvgIpc) is 2.95. The van der Waals surface area contributed by atoms with Gasteiger partial charge in [-0.05, 0) is 31.6 Å². The van der Waals surface area contributed by atoms with E-state index in [0.29, 0.717) is 16.5 Å². The van der Waals surface area contributed by atoms with Crippen LogP contribution in [0.3, 0.4) is 0 Å². The van der Waals surface area contributed by atoms with Crippen molar-refractivity contribution >= 4 is 38.3 Å². The monoisotopic (exact) mass is 381 g/mol. The molecule has 1 aliphatic rings. The lowest BCUT2D eigenvalue weighted by Crippen LogP contribution is -2.38. The molecule has 0 bridgehead atoms. The normalized spacial score (nSPS) is 20.7. The van der Waals surface area contributed by atoms with E-state index in [-0.39, 0.29) is 24.5 Å². The maximum absolute atomic E-state index is 13.7. The number of rotatable bonds is 5. The van der Waals surface area contributed by atoms with Gasteiger partial charge in [-0.1, -0.05) is 24.3 Å². The molecule has 1 heterocycles. The summed E-state index contributed by atoms with van der Waals surface area (Å²) in [6.07, 6.45) is 5.45. The van der Waals surface area contributed by atoms with Crippen molar-refractivity contribution < 1.29 is 17.6 Å². The molecule has 1 aromatic carbocycles. The summed E-state index contributed by atoms with van der Waals surface area (Å²) in [6.45, 7) is 1.47. The number of benzene rings is 1. The third-order valence-electron chi connectivity index (χ3n) is 4.39. The van der Waals surface area contributed by atoms with Crippen LogP contribution in [0.5, 0.6) is 0 Å². The van der Waals surface area contributed by atoms with E-state index in [1.165, 1.54) is 25.3 Å². The summed E-state index contributed by atoms with van der Waals surface area (Å²) in [6, 6.07) is 6.76. The van der Waals surface area contributed by atoms with Crippen LogP contribution in [0.1, 0.15) is 30.1 Å². The lowest BCUT2D eigenvalue weighted by molar-refractivity contribution is 0.0991. The van der Waals surface area contributed by atoms with E-state index in [9.17, 15) is 17.6 Å². The van der Waals surface area contributed by atoms with Crippen molar-refractivity contribution in [3.63, 3.8) is 0 Å². The molecular weight excluding hydrogens is 365 g/mol. The Labute approximate surface area is 150 Å². The van der Waals surface area contributed by atoms with Gasteiger partial charge in [-0.3, -0.25) is 4.79 Å². The summed E-state index contributed by atoms with van der Waals surface area (Å²) in [5.74, 6) is -0.663. The molecule has 0 amide bonds. The average molecular weight is 382 g/mol. The third-order valence-corrected chi connectivity index (χ3v) is 6.86. The van der Waals surface area contributed by atoms with Crippen molar-refractivity contribution in [3.05, 3.63) is 60.1 Å². The van der Waals surface area contributed by atoms with Gasteiger partial charge in [0.1, 0.15) is 10.6 Å². The lowest BCUT2D eigenvalue weighted by atomic mass is 10.0. The largest absolute Gasteiger partial charge is 0.294 e. The topological polar surface area (TPSA) is 56.1 Å². The first kappa shape index (κ1) is 17.9. The Hall–Kier alpha value is -1.92. The standard InChI is InChI=1S/C18H17ClFNO3S/c1-18(9-4-5-13(20)11-18)25(23,24)21-12-15(17(22)8-10-19)14-6-2-3-7-16(14)21/h2-7,11-12H,8-10H2,1H3. The fourth-order valence-corrected chi connectivity index (χ4v) is 4.85. The SMILES string of the molecule is CC1(S(=O)(=O)n2cc(C(=O)CCCl)c3ccccc32)C=C(F)C=CC1. The molecule has 25 heavy (non-hydrogen) atoms. The Morgan fingerprint density at radius 3 is 2.76 bits per heavy atom. The van der Waals surface area contributed by atoms with E-state index >= 15 is 0 Å². The Kier molecular flexibility index (Phi) is 4.60. The van der Waals surface area contributed by atoms with Crippen molar-refractivity contribution in [2.75, 3.05) is 5.88 Å². The number of alkyl halides is 1. The van der Waals surface area contributed by atoms with Gasteiger partial charge >= 0.3 is 0 Å². The van der Waals surface area contributed by atoms with Gasteiger partial charge < -0.3 is 0 Å². The van der Waals surface area contributed by atoms with Crippen LogP contribution < -0.4 is 0 Å². The highest BCUT2D eigenvalue weighted by Crippen LogP contribution is 2.34. The minimum absolute atomic E-state index is 0.115. The first-order valence-electron chi connectivity index (χ1n) is 7.79. The first-order valence-corrected chi connectivity index (χ1v) is 9.77. The van der Waals surface area contributed by atoms with Crippen molar-refractivity contribution in [1.29, 1.82) is 0 Å². The third kappa shape index (κ3) is 2.93. The predicted molar refractivity (Wildman–Crippen MR) is 97.3 cm³/mol. The zero-order chi connectivity index (χ0) is 18.2. The molecule has 1 atom stereocenters. The molecule has 132 valence electrons. The lowest BCUT2D eigenvalue weighted by Gasteiger charge is -2.27. The summed E-state index contributed by atoms with van der Waals surface area (Å²) in [5, 5.41) is 0.542. The van der Waals surface area contributed by atoms with Crippen LogP contribution in [0.4, 0.5) is 4.39 Å². The molecule has 2 aromatic rings. The summed E-state index contributed by atoms with van der Waals surface area (Å²) in [4.78, 5) is 12.3. The van der Waals surface area contributed by atoms with Crippen molar-refractivity contribution in [2.45, 2.75) is 24.5 Å². The fraction of sp³-hybridized carbons (Fsp3) is 0.278. The van der Waals surface area contributed by atoms with Crippen LogP contribution in [-0.2, 0) is 10.0 Å². The van der Waals surface area contributed by atoms with Gasteiger partial charge in [0, 0.05) is 29.4 Å². The van der Waals surface area contributed by atoms with E-state index in [0.717, 1.165) is 10.0 Å². The van der Waals surface area contributed by atoms with Gasteiger partial charge in [0.05, 0.1) is 5.52 Å². The van der Waals surface area contributed by atoms with Crippen LogP contribution in [0.2, 0.25) is 0 Å². The number of allylic oxidation sites excluding steroid dienone is 3. The van der Waals surface area contributed by atoms with Gasteiger partial charge in [-0.15, -0.1) is 11.6 Å². The molecule has 0 N–H and O–H groups in total. The number of Topliss-reactive ketones (excluding diaryl/α,β-unsaturated/α-hetero) is 1. The van der Waals surface area contributed by atoms with E-state index in [1.54, 1.807) is 24.3 Å². The Balaban J connectivity index is 2.22. The zero-order valence-electron chi connectivity index (χ0n) is 13.6. The Morgan fingerprint density at radius 2 is 2.08 bits per heavy atom. The Morgan fingerprint density at radius 1 is 1.36 bits per heavy atom. The number of carbonyl (C=O) groups excluding carboxylic acids is 1. The number of aromatic nitrogens is 1. The van der Waals surface area contributed by atoms with Crippen LogP contribution in [-0.4, -0.2) is 28.8 Å². The molecule has 1 unspecified atom stereocenters. The number of ketones is 1. The van der Waals surface area contributed by atoms with Crippen LogP contribution >= 0.6 is 11.6 Å². The van der Waals surface area contributed by atoms with Crippen molar-refractivity contribution in [2.24, 2.45) is 0 Å². The second-order valence-corrected chi connectivity index (χ2v) is 8.83. The molecule has 0 saturated heterocycles. The molecule has 4 nitrogen and oxygen atoms in total. The molecule has 0 saturated carbocycles. The maximum atomic E-state index is 13.7. The molecule has 7 heteroatoms. The zero-order valence-corrected chi connectivity index (χ0v) is 15.1. The number of nitrogens with zero attached hydrogens (tertiary/aromatic N) is 1. The van der Waals surface area contributed by atoms with E-state index in [4.69, 9.17) is 11.6 Å². The quantitative estimate of drug-likeness (QED) is 0.576. The van der Waals surface area contributed by atoms with Gasteiger partial charge in [-0.25, -0.2) is 16.8 Å². The number of fused-ring (bicyclic) bond motifs is 1. The van der Waals surface area contributed by atoms with Crippen LogP contribution in [0.25, 0.3) is 10.9 Å². The van der Waals surface area contributed by atoms with E-state index < -0.39 is 20.6 Å². The molecule has 0 spiro atoms. The maximum Gasteiger partial charge on any atom is 0.248 e. The highest BCUT2D eigenvalue weighted by atomic mass is 35.5. The van der Waals surface area contributed by atoms with Crippen molar-refractivity contribution in [3.8, 4) is 0 Å². The van der Waals surface area contributed by atoms with Gasteiger partial charge in [0.2, 0.25) is 10.0 Å². The summed E-state index contributed by atoms with van der Waals surface area (Å²) < 4.78 is 39.8. The first-order chi connectivity index (χ1) is 11.8. The fourth-order valence-electron chi connectivity index (χ4n) is 3.00. The molecule has 1 aliphatic carbocycles. The molecule has 0 aliphatic heterocycles. The molecule has 0 radical (unpaired) electrons. The molecular formula is C18H17ClFNO3S. The summed E-state index contributed by atoms with van der Waals surface area (Å²) in [5.41, 5.74) is 0.698. The minimum atomic E-state index is -3.98. The summed E-state index contributed by atoms with van der Waals surface area (Å²) in [7, 11) is -3.98. The number of hydrogen-bond donors (Lipinski definition) is 0. The molecule has 3 rings (SSSR count). The molecule has 0 fully saturated rings. The number of halogens is 2. The van der Waals surface area contributed by atoms with Gasteiger partial charge in [0.25, 0.3) is 0 Å². The second-order valence-electron chi connectivity index (χ2n) is 6.17. The highest BCUT2D eigenvalue weighted by Gasteiger charge is 2.40. The molecule has 1 aromatic heterocycles. The van der Waals surface area contributed by atoms with E-state index in [1.807, 2.05) is 0 Å². The predicted octanol–water partition coefficient (Wildman–Crippen LogP) is 4.20. The summed E-state index contributed by atoms with van der Waals surface area (Å²) >= 11 is 5.65.